The maximum absolute atomic E-state index is 12.5. The molecule has 126 valence electrons. The Bertz CT molecular complexity index is 500. The van der Waals surface area contributed by atoms with Gasteiger partial charge in [-0.1, -0.05) is 43.7 Å². The summed E-state index contributed by atoms with van der Waals surface area (Å²) in [6.45, 7) is 5.12. The normalized spacial score (nSPS) is 26.3. The van der Waals surface area contributed by atoms with E-state index >= 15 is 0 Å². The third-order valence-electron chi connectivity index (χ3n) is 5.56. The third-order valence-corrected chi connectivity index (χ3v) is 5.56. The summed E-state index contributed by atoms with van der Waals surface area (Å²) in [7, 11) is 0. The lowest BCUT2D eigenvalue weighted by molar-refractivity contribution is -0.148. The fourth-order valence-electron chi connectivity index (χ4n) is 4.29. The Labute approximate surface area is 140 Å². The molecular weight excluding hydrogens is 286 g/mol. The topological polar surface area (TPSA) is 29.5 Å². The Morgan fingerprint density at radius 1 is 1.17 bits per heavy atom. The molecular formula is C20H29NO2. The van der Waals surface area contributed by atoms with Crippen LogP contribution in [-0.2, 0) is 9.53 Å². The molecule has 2 saturated heterocycles. The summed E-state index contributed by atoms with van der Waals surface area (Å²) in [5, 5.41) is 0. The minimum atomic E-state index is -0.123. The minimum Gasteiger partial charge on any atom is -0.465 e. The average Bonchev–Trinajstić information content (AvgIpc) is 2.61. The first-order chi connectivity index (χ1) is 11.3. The number of esters is 1. The van der Waals surface area contributed by atoms with Crippen molar-refractivity contribution in [1.29, 1.82) is 0 Å². The number of carbonyl (C=O) groups is 1. The average molecular weight is 315 g/mol. The lowest BCUT2D eigenvalue weighted by Crippen LogP contribution is -2.49. The Morgan fingerprint density at radius 2 is 1.96 bits per heavy atom. The van der Waals surface area contributed by atoms with Crippen molar-refractivity contribution >= 4 is 5.97 Å². The molecule has 3 rings (SSSR count). The zero-order valence-corrected chi connectivity index (χ0v) is 14.2. The maximum atomic E-state index is 12.5. The van der Waals surface area contributed by atoms with Crippen LogP contribution in [0.15, 0.2) is 30.3 Å². The fraction of sp³-hybridized carbons (Fsp3) is 0.650. The largest absolute Gasteiger partial charge is 0.465 e. The molecule has 0 aromatic heterocycles. The van der Waals surface area contributed by atoms with Crippen LogP contribution in [0.3, 0.4) is 0 Å². The fourth-order valence-corrected chi connectivity index (χ4v) is 4.29. The van der Waals surface area contributed by atoms with E-state index in [2.05, 4.69) is 11.8 Å². The predicted molar refractivity (Wildman–Crippen MR) is 92.4 cm³/mol. The second-order valence-corrected chi connectivity index (χ2v) is 7.00. The highest BCUT2D eigenvalue weighted by Crippen LogP contribution is 2.31. The summed E-state index contributed by atoms with van der Waals surface area (Å²) in [5.74, 6) is 0.357. The molecule has 0 N–H and O–H groups in total. The highest BCUT2D eigenvalue weighted by Gasteiger charge is 2.34. The first-order valence-corrected chi connectivity index (χ1v) is 9.25. The smallest absolute Gasteiger partial charge is 0.313 e. The van der Waals surface area contributed by atoms with Crippen molar-refractivity contribution in [2.75, 3.05) is 19.7 Å². The molecule has 3 atom stereocenters. The summed E-state index contributed by atoms with van der Waals surface area (Å²) >= 11 is 0. The lowest BCUT2D eigenvalue weighted by atomic mass is 9.84. The second kappa shape index (κ2) is 7.96. The van der Waals surface area contributed by atoms with Gasteiger partial charge in [-0.05, 0) is 50.8 Å². The molecule has 3 heteroatoms. The summed E-state index contributed by atoms with van der Waals surface area (Å²) in [6.07, 6.45) is 7.18. The number of piperidine rings is 2. The molecule has 0 bridgehead atoms. The van der Waals surface area contributed by atoms with Gasteiger partial charge in [0.1, 0.15) is 0 Å². The molecule has 0 amide bonds. The lowest BCUT2D eigenvalue weighted by Gasteiger charge is -2.44. The monoisotopic (exact) mass is 315 g/mol. The molecule has 0 saturated carbocycles. The van der Waals surface area contributed by atoms with E-state index in [1.807, 2.05) is 30.3 Å². The summed E-state index contributed by atoms with van der Waals surface area (Å²) in [6, 6.07) is 10.7. The van der Waals surface area contributed by atoms with Gasteiger partial charge < -0.3 is 4.74 Å². The van der Waals surface area contributed by atoms with Crippen molar-refractivity contribution in [2.45, 2.75) is 57.4 Å². The highest BCUT2D eigenvalue weighted by molar-refractivity contribution is 5.78. The number of hydrogen-bond acceptors (Lipinski definition) is 3. The molecule has 0 spiro atoms. The first kappa shape index (κ1) is 16.5. The van der Waals surface area contributed by atoms with Gasteiger partial charge in [-0.3, -0.25) is 9.69 Å². The molecule has 23 heavy (non-hydrogen) atoms. The van der Waals surface area contributed by atoms with Gasteiger partial charge >= 0.3 is 5.97 Å². The molecule has 2 aliphatic heterocycles. The van der Waals surface area contributed by atoms with E-state index in [0.717, 1.165) is 12.0 Å². The van der Waals surface area contributed by atoms with E-state index in [-0.39, 0.29) is 11.9 Å². The SMILES string of the molecule is CC[C@H](C(=O)OC[C@H]1CCCN2CCCC[C@H]12)c1ccccc1. The quantitative estimate of drug-likeness (QED) is 0.770. The molecule has 2 heterocycles. The molecule has 1 aromatic carbocycles. The molecule has 1 aromatic rings. The molecule has 2 fully saturated rings. The number of nitrogens with zero attached hydrogens (tertiary/aromatic N) is 1. The van der Waals surface area contributed by atoms with Crippen LogP contribution in [0.4, 0.5) is 0 Å². The van der Waals surface area contributed by atoms with Gasteiger partial charge in [-0.15, -0.1) is 0 Å². The number of hydrogen-bond donors (Lipinski definition) is 0. The molecule has 0 aliphatic carbocycles. The highest BCUT2D eigenvalue weighted by atomic mass is 16.5. The Hall–Kier alpha value is -1.35. The van der Waals surface area contributed by atoms with Gasteiger partial charge in [0.05, 0.1) is 12.5 Å². The van der Waals surface area contributed by atoms with Crippen molar-refractivity contribution in [1.82, 2.24) is 4.90 Å². The van der Waals surface area contributed by atoms with Gasteiger partial charge in [-0.25, -0.2) is 0 Å². The van der Waals surface area contributed by atoms with Gasteiger partial charge in [-0.2, -0.15) is 0 Å². The van der Waals surface area contributed by atoms with Crippen molar-refractivity contribution in [3.63, 3.8) is 0 Å². The van der Waals surface area contributed by atoms with Gasteiger partial charge in [0.2, 0.25) is 0 Å². The van der Waals surface area contributed by atoms with Crippen molar-refractivity contribution in [3.8, 4) is 0 Å². The van der Waals surface area contributed by atoms with Crippen LogP contribution in [0, 0.1) is 5.92 Å². The molecule has 3 nitrogen and oxygen atoms in total. The van der Waals surface area contributed by atoms with Gasteiger partial charge in [0, 0.05) is 12.0 Å². The number of fused-ring (bicyclic) bond motifs is 1. The number of ether oxygens (including phenoxy) is 1. The third kappa shape index (κ3) is 3.95. The van der Waals surface area contributed by atoms with Crippen LogP contribution in [-0.4, -0.2) is 36.6 Å². The number of benzene rings is 1. The zero-order chi connectivity index (χ0) is 16.1. The van der Waals surface area contributed by atoms with Crippen LogP contribution in [0.5, 0.6) is 0 Å². The molecule has 0 unspecified atom stereocenters. The van der Waals surface area contributed by atoms with E-state index in [0.29, 0.717) is 18.6 Å². The number of rotatable bonds is 5. The van der Waals surface area contributed by atoms with Crippen LogP contribution in [0.25, 0.3) is 0 Å². The second-order valence-electron chi connectivity index (χ2n) is 7.00. The molecule has 0 radical (unpaired) electrons. The summed E-state index contributed by atoms with van der Waals surface area (Å²) in [5.41, 5.74) is 1.07. The Morgan fingerprint density at radius 3 is 2.74 bits per heavy atom. The van der Waals surface area contributed by atoms with E-state index < -0.39 is 0 Å². The van der Waals surface area contributed by atoms with Gasteiger partial charge in [0.25, 0.3) is 0 Å². The standard InChI is InChI=1S/C20H29NO2/c1-2-18(16-9-4-3-5-10-16)20(22)23-15-17-11-8-14-21-13-7-6-12-19(17)21/h3-5,9-10,17-19H,2,6-8,11-15H2,1H3/t17-,18+,19-/m1/s1. The summed E-state index contributed by atoms with van der Waals surface area (Å²) < 4.78 is 5.77. The maximum Gasteiger partial charge on any atom is 0.313 e. The van der Waals surface area contributed by atoms with Crippen LogP contribution < -0.4 is 0 Å². The van der Waals surface area contributed by atoms with Crippen LogP contribution in [0.2, 0.25) is 0 Å². The van der Waals surface area contributed by atoms with E-state index in [1.54, 1.807) is 0 Å². The summed E-state index contributed by atoms with van der Waals surface area (Å²) in [4.78, 5) is 15.2. The zero-order valence-electron chi connectivity index (χ0n) is 14.2. The van der Waals surface area contributed by atoms with Crippen LogP contribution >= 0.6 is 0 Å². The molecule has 2 aliphatic rings. The van der Waals surface area contributed by atoms with Gasteiger partial charge in [0.15, 0.2) is 0 Å². The Balaban J connectivity index is 1.57. The number of carbonyl (C=O) groups excluding carboxylic acids is 1. The first-order valence-electron chi connectivity index (χ1n) is 9.25. The predicted octanol–water partition coefficient (Wildman–Crippen LogP) is 3.99. The minimum absolute atomic E-state index is 0.0494. The van der Waals surface area contributed by atoms with E-state index in [9.17, 15) is 4.79 Å². The van der Waals surface area contributed by atoms with Crippen molar-refractivity contribution in [2.24, 2.45) is 5.92 Å². The van der Waals surface area contributed by atoms with Crippen molar-refractivity contribution in [3.05, 3.63) is 35.9 Å². The van der Waals surface area contributed by atoms with Crippen LogP contribution in [0.1, 0.15) is 56.9 Å². The van der Waals surface area contributed by atoms with E-state index in [1.165, 1.54) is 45.2 Å². The van der Waals surface area contributed by atoms with Crippen molar-refractivity contribution < 1.29 is 9.53 Å². The Kier molecular flexibility index (Phi) is 5.71. The van der Waals surface area contributed by atoms with E-state index in [4.69, 9.17) is 4.74 Å².